The van der Waals surface area contributed by atoms with Crippen molar-refractivity contribution in [3.05, 3.63) is 24.3 Å². The molecule has 4 nitrogen and oxygen atoms in total. The van der Waals surface area contributed by atoms with E-state index in [0.717, 1.165) is 43.9 Å². The smallest absolute Gasteiger partial charge is 0.121 e. The molecule has 1 saturated heterocycles. The number of aliphatic hydroxyl groups is 1. The van der Waals surface area contributed by atoms with Gasteiger partial charge in [0.1, 0.15) is 5.75 Å². The first-order chi connectivity index (χ1) is 8.55. The Morgan fingerprint density at radius 3 is 3.00 bits per heavy atom. The molecule has 0 spiro atoms. The fourth-order valence-corrected chi connectivity index (χ4v) is 2.31. The van der Waals surface area contributed by atoms with E-state index >= 15 is 0 Å². The lowest BCUT2D eigenvalue weighted by atomic mass is 10.1. The maximum atomic E-state index is 9.84. The lowest BCUT2D eigenvalue weighted by Gasteiger charge is -2.18. The first-order valence-corrected chi connectivity index (χ1v) is 6.48. The summed E-state index contributed by atoms with van der Waals surface area (Å²) < 4.78 is 5.63. The van der Waals surface area contributed by atoms with Crippen molar-refractivity contribution in [3.8, 4) is 5.75 Å². The minimum Gasteiger partial charge on any atom is -0.493 e. The molecule has 1 heterocycles. The van der Waals surface area contributed by atoms with Gasteiger partial charge in [-0.05, 0) is 31.9 Å². The number of nitrogens with zero attached hydrogens (tertiary/aromatic N) is 1. The molecule has 1 aromatic rings. The highest BCUT2D eigenvalue weighted by molar-refractivity contribution is 5.43. The van der Waals surface area contributed by atoms with E-state index in [-0.39, 0.29) is 0 Å². The zero-order valence-corrected chi connectivity index (χ0v) is 10.9. The molecule has 1 aliphatic heterocycles. The fraction of sp³-hybridized carbons (Fsp3) is 0.571. The van der Waals surface area contributed by atoms with Gasteiger partial charge in [-0.3, -0.25) is 0 Å². The molecule has 1 fully saturated rings. The standard InChI is InChI=1S/C14H22N2O2/c1-14(17)6-8-16(11-14)7-3-9-18-13-5-2-4-12(15)10-13/h2,4-5,10,17H,3,6-9,11,15H2,1H3. The zero-order valence-electron chi connectivity index (χ0n) is 10.9. The zero-order chi connectivity index (χ0) is 13.0. The van der Waals surface area contributed by atoms with Gasteiger partial charge in [0.05, 0.1) is 12.2 Å². The second kappa shape index (κ2) is 5.59. The number of hydrogen-bond donors (Lipinski definition) is 2. The molecule has 1 unspecified atom stereocenters. The summed E-state index contributed by atoms with van der Waals surface area (Å²) >= 11 is 0. The molecule has 1 aliphatic rings. The molecular formula is C14H22N2O2. The molecule has 18 heavy (non-hydrogen) atoms. The van der Waals surface area contributed by atoms with Crippen LogP contribution in [0.15, 0.2) is 24.3 Å². The van der Waals surface area contributed by atoms with Crippen LogP contribution < -0.4 is 10.5 Å². The van der Waals surface area contributed by atoms with Gasteiger partial charge in [0.2, 0.25) is 0 Å². The molecule has 3 N–H and O–H groups in total. The van der Waals surface area contributed by atoms with Crippen LogP contribution >= 0.6 is 0 Å². The third kappa shape index (κ3) is 3.89. The second-order valence-corrected chi connectivity index (χ2v) is 5.30. The number of β-amino-alcohol motifs (C(OH)–C–C–N with tert-alkyl or cyclic N) is 1. The minimum atomic E-state index is -0.505. The van der Waals surface area contributed by atoms with Gasteiger partial charge in [-0.15, -0.1) is 0 Å². The van der Waals surface area contributed by atoms with E-state index in [9.17, 15) is 5.11 Å². The largest absolute Gasteiger partial charge is 0.493 e. The number of nitrogen functional groups attached to an aromatic ring is 1. The Hall–Kier alpha value is -1.26. The molecule has 1 aromatic carbocycles. The van der Waals surface area contributed by atoms with Crippen LogP contribution in [0.4, 0.5) is 5.69 Å². The molecule has 0 aliphatic carbocycles. The number of ether oxygens (including phenoxy) is 1. The van der Waals surface area contributed by atoms with Crippen LogP contribution in [0.5, 0.6) is 5.75 Å². The SMILES string of the molecule is CC1(O)CCN(CCCOc2cccc(N)c2)C1. The van der Waals surface area contributed by atoms with Crippen LogP contribution in [-0.2, 0) is 0 Å². The second-order valence-electron chi connectivity index (χ2n) is 5.30. The summed E-state index contributed by atoms with van der Waals surface area (Å²) in [5.74, 6) is 0.823. The topological polar surface area (TPSA) is 58.7 Å². The highest BCUT2D eigenvalue weighted by atomic mass is 16.5. The van der Waals surface area contributed by atoms with Crippen LogP contribution in [0, 0.1) is 0 Å². The van der Waals surface area contributed by atoms with Crippen molar-refractivity contribution in [2.45, 2.75) is 25.4 Å². The van der Waals surface area contributed by atoms with Gasteiger partial charge in [0.15, 0.2) is 0 Å². The van der Waals surface area contributed by atoms with Crippen LogP contribution in [-0.4, -0.2) is 41.8 Å². The normalized spacial score (nSPS) is 24.3. The number of likely N-dealkylation sites (tertiary alicyclic amines) is 1. The lowest BCUT2D eigenvalue weighted by Crippen LogP contribution is -2.30. The number of rotatable bonds is 5. The van der Waals surface area contributed by atoms with Gasteiger partial charge in [-0.2, -0.15) is 0 Å². The van der Waals surface area contributed by atoms with Crippen molar-refractivity contribution in [2.24, 2.45) is 0 Å². The quantitative estimate of drug-likeness (QED) is 0.614. The summed E-state index contributed by atoms with van der Waals surface area (Å²) in [7, 11) is 0. The van der Waals surface area contributed by atoms with E-state index in [2.05, 4.69) is 4.90 Å². The van der Waals surface area contributed by atoms with Gasteiger partial charge in [0.25, 0.3) is 0 Å². The van der Waals surface area contributed by atoms with E-state index in [1.807, 2.05) is 31.2 Å². The monoisotopic (exact) mass is 250 g/mol. The molecule has 0 radical (unpaired) electrons. The summed E-state index contributed by atoms with van der Waals surface area (Å²) in [6, 6.07) is 7.49. The average molecular weight is 250 g/mol. The number of nitrogens with two attached hydrogens (primary N) is 1. The predicted molar refractivity (Wildman–Crippen MR) is 72.6 cm³/mol. The van der Waals surface area contributed by atoms with Crippen LogP contribution in [0.25, 0.3) is 0 Å². The maximum Gasteiger partial charge on any atom is 0.121 e. The Labute approximate surface area is 108 Å². The van der Waals surface area contributed by atoms with Crippen LogP contribution in [0.1, 0.15) is 19.8 Å². The van der Waals surface area contributed by atoms with Gasteiger partial charge >= 0.3 is 0 Å². The lowest BCUT2D eigenvalue weighted by molar-refractivity contribution is 0.0681. The van der Waals surface area contributed by atoms with Crippen molar-refractivity contribution in [2.75, 3.05) is 32.0 Å². The fourth-order valence-electron chi connectivity index (χ4n) is 2.31. The van der Waals surface area contributed by atoms with E-state index in [1.54, 1.807) is 0 Å². The first-order valence-electron chi connectivity index (χ1n) is 6.48. The third-order valence-electron chi connectivity index (χ3n) is 3.28. The summed E-state index contributed by atoms with van der Waals surface area (Å²) in [6.45, 7) is 5.30. The molecule has 0 saturated carbocycles. The Morgan fingerprint density at radius 2 is 2.33 bits per heavy atom. The number of hydrogen-bond acceptors (Lipinski definition) is 4. The van der Waals surface area contributed by atoms with Crippen molar-refractivity contribution in [3.63, 3.8) is 0 Å². The van der Waals surface area contributed by atoms with Gasteiger partial charge in [-0.1, -0.05) is 6.07 Å². The summed E-state index contributed by atoms with van der Waals surface area (Å²) in [5, 5.41) is 9.84. The molecule has 0 bridgehead atoms. The summed E-state index contributed by atoms with van der Waals surface area (Å²) in [4.78, 5) is 2.28. The highest BCUT2D eigenvalue weighted by Gasteiger charge is 2.30. The third-order valence-corrected chi connectivity index (χ3v) is 3.28. The molecule has 0 amide bonds. The van der Waals surface area contributed by atoms with Crippen LogP contribution in [0.3, 0.4) is 0 Å². The van der Waals surface area contributed by atoms with Crippen LogP contribution in [0.2, 0.25) is 0 Å². The number of benzene rings is 1. The molecule has 1 atom stereocenters. The van der Waals surface area contributed by atoms with E-state index < -0.39 is 5.60 Å². The molecule has 0 aromatic heterocycles. The van der Waals surface area contributed by atoms with E-state index in [1.165, 1.54) is 0 Å². The van der Waals surface area contributed by atoms with Crippen molar-refractivity contribution < 1.29 is 9.84 Å². The Balaban J connectivity index is 1.65. The highest BCUT2D eigenvalue weighted by Crippen LogP contribution is 2.20. The minimum absolute atomic E-state index is 0.505. The van der Waals surface area contributed by atoms with Crippen molar-refractivity contribution >= 4 is 5.69 Å². The number of anilines is 1. The van der Waals surface area contributed by atoms with E-state index in [0.29, 0.717) is 6.61 Å². The Kier molecular flexibility index (Phi) is 4.09. The first kappa shape index (κ1) is 13.2. The van der Waals surface area contributed by atoms with Gasteiger partial charge in [0, 0.05) is 31.4 Å². The maximum absolute atomic E-state index is 9.84. The Morgan fingerprint density at radius 1 is 1.50 bits per heavy atom. The summed E-state index contributed by atoms with van der Waals surface area (Å²) in [5.41, 5.74) is 5.90. The molecule has 4 heteroatoms. The average Bonchev–Trinajstić information content (AvgIpc) is 2.65. The molecule has 100 valence electrons. The van der Waals surface area contributed by atoms with Gasteiger partial charge in [-0.25, -0.2) is 0 Å². The summed E-state index contributed by atoms with van der Waals surface area (Å²) in [6.07, 6.45) is 1.83. The van der Waals surface area contributed by atoms with E-state index in [4.69, 9.17) is 10.5 Å². The van der Waals surface area contributed by atoms with Crippen molar-refractivity contribution in [1.82, 2.24) is 4.90 Å². The van der Waals surface area contributed by atoms with Crippen molar-refractivity contribution in [1.29, 1.82) is 0 Å². The Bertz CT molecular complexity index is 393. The molecule has 2 rings (SSSR count). The predicted octanol–water partition coefficient (Wildman–Crippen LogP) is 1.49. The van der Waals surface area contributed by atoms with Gasteiger partial charge < -0.3 is 20.5 Å². The molecular weight excluding hydrogens is 228 g/mol.